The van der Waals surface area contributed by atoms with Gasteiger partial charge in [0.05, 0.1) is 19.4 Å². The second-order valence-corrected chi connectivity index (χ2v) is 3.21. The highest BCUT2D eigenvalue weighted by atomic mass is 16.6. The zero-order valence-electron chi connectivity index (χ0n) is 7.90. The minimum Gasteiger partial charge on any atom is -0.484 e. The highest BCUT2D eigenvalue weighted by Gasteiger charge is 2.20. The third-order valence-electron chi connectivity index (χ3n) is 2.01. The standard InChI is InChI=1S/C10H11NO3/c1-7(12)10-3-2-8(4-11-10)14-9-5-13-6-9/h2-4,9H,5-6H2,1H3. The Labute approximate surface area is 81.9 Å². The van der Waals surface area contributed by atoms with Crippen LogP contribution in [0.4, 0.5) is 0 Å². The summed E-state index contributed by atoms with van der Waals surface area (Å²) in [5.74, 6) is 0.645. The lowest BCUT2D eigenvalue weighted by Gasteiger charge is -2.26. The van der Waals surface area contributed by atoms with Crippen molar-refractivity contribution >= 4 is 5.78 Å². The molecule has 1 aliphatic heterocycles. The van der Waals surface area contributed by atoms with Crippen LogP contribution >= 0.6 is 0 Å². The number of Topliss-reactive ketones (excluding diaryl/α,β-unsaturated/α-hetero) is 1. The van der Waals surface area contributed by atoms with Gasteiger partial charge in [-0.3, -0.25) is 4.79 Å². The van der Waals surface area contributed by atoms with Crippen molar-refractivity contribution in [2.75, 3.05) is 13.2 Å². The first-order valence-corrected chi connectivity index (χ1v) is 4.47. The smallest absolute Gasteiger partial charge is 0.178 e. The number of nitrogens with zero attached hydrogens (tertiary/aromatic N) is 1. The third-order valence-corrected chi connectivity index (χ3v) is 2.01. The summed E-state index contributed by atoms with van der Waals surface area (Å²) in [6.45, 7) is 2.76. The van der Waals surface area contributed by atoms with Crippen LogP contribution in [-0.4, -0.2) is 30.1 Å². The minimum atomic E-state index is -0.0384. The summed E-state index contributed by atoms with van der Waals surface area (Å²) in [5.41, 5.74) is 0.460. The van der Waals surface area contributed by atoms with Gasteiger partial charge in [0, 0.05) is 6.92 Å². The molecule has 74 valence electrons. The van der Waals surface area contributed by atoms with Crippen molar-refractivity contribution in [3.8, 4) is 5.75 Å². The molecule has 0 saturated carbocycles. The molecule has 1 saturated heterocycles. The molecule has 1 fully saturated rings. The van der Waals surface area contributed by atoms with Crippen molar-refractivity contribution in [2.45, 2.75) is 13.0 Å². The molecule has 4 heteroatoms. The predicted octanol–water partition coefficient (Wildman–Crippen LogP) is 1.06. The van der Waals surface area contributed by atoms with Crippen LogP contribution in [0.3, 0.4) is 0 Å². The summed E-state index contributed by atoms with van der Waals surface area (Å²) in [5, 5.41) is 0. The minimum absolute atomic E-state index is 0.0384. The largest absolute Gasteiger partial charge is 0.484 e. The van der Waals surface area contributed by atoms with E-state index >= 15 is 0 Å². The van der Waals surface area contributed by atoms with E-state index in [0.29, 0.717) is 24.7 Å². The third kappa shape index (κ3) is 1.90. The Hall–Kier alpha value is -1.42. The second kappa shape index (κ2) is 3.75. The lowest BCUT2D eigenvalue weighted by molar-refractivity contribution is -0.0798. The molecule has 14 heavy (non-hydrogen) atoms. The maximum Gasteiger partial charge on any atom is 0.178 e. The molecular weight excluding hydrogens is 182 g/mol. The summed E-state index contributed by atoms with van der Waals surface area (Å²) in [7, 11) is 0. The predicted molar refractivity (Wildman–Crippen MR) is 49.5 cm³/mol. The molecule has 1 aliphatic rings. The van der Waals surface area contributed by atoms with Crippen LogP contribution in [0.15, 0.2) is 18.3 Å². The monoisotopic (exact) mass is 193 g/mol. The van der Waals surface area contributed by atoms with E-state index in [4.69, 9.17) is 9.47 Å². The van der Waals surface area contributed by atoms with Gasteiger partial charge < -0.3 is 9.47 Å². The molecular formula is C10H11NO3. The molecule has 0 aliphatic carbocycles. The Morgan fingerprint density at radius 3 is 2.79 bits per heavy atom. The highest BCUT2D eigenvalue weighted by molar-refractivity contribution is 5.92. The molecule has 0 amide bonds. The van der Waals surface area contributed by atoms with Crippen molar-refractivity contribution < 1.29 is 14.3 Å². The second-order valence-electron chi connectivity index (χ2n) is 3.21. The van der Waals surface area contributed by atoms with Gasteiger partial charge in [0.25, 0.3) is 0 Å². The van der Waals surface area contributed by atoms with E-state index in [1.54, 1.807) is 18.3 Å². The lowest BCUT2D eigenvalue weighted by atomic mass is 10.2. The fourth-order valence-electron chi connectivity index (χ4n) is 1.13. The maximum atomic E-state index is 10.9. The van der Waals surface area contributed by atoms with Gasteiger partial charge in [-0.1, -0.05) is 0 Å². The van der Waals surface area contributed by atoms with E-state index in [1.807, 2.05) is 0 Å². The Kier molecular flexibility index (Phi) is 2.45. The number of hydrogen-bond donors (Lipinski definition) is 0. The Bertz CT molecular complexity index is 330. The summed E-state index contributed by atoms with van der Waals surface area (Å²) in [6, 6.07) is 3.42. The summed E-state index contributed by atoms with van der Waals surface area (Å²) in [6.07, 6.45) is 1.70. The average Bonchev–Trinajstić information content (AvgIpc) is 2.12. The molecule has 2 rings (SSSR count). The molecule has 0 bridgehead atoms. The van der Waals surface area contributed by atoms with Crippen LogP contribution in [-0.2, 0) is 4.74 Å². The number of carbonyl (C=O) groups is 1. The maximum absolute atomic E-state index is 10.9. The molecule has 0 radical (unpaired) electrons. The molecule has 0 spiro atoms. The fraction of sp³-hybridized carbons (Fsp3) is 0.400. The molecule has 0 aromatic carbocycles. The lowest BCUT2D eigenvalue weighted by Crippen LogP contribution is -2.38. The van der Waals surface area contributed by atoms with E-state index in [2.05, 4.69) is 4.98 Å². The van der Waals surface area contributed by atoms with Gasteiger partial charge in [-0.05, 0) is 12.1 Å². The van der Waals surface area contributed by atoms with Crippen molar-refractivity contribution in [3.63, 3.8) is 0 Å². The van der Waals surface area contributed by atoms with Gasteiger partial charge >= 0.3 is 0 Å². The number of carbonyl (C=O) groups excluding carboxylic acids is 1. The van der Waals surface area contributed by atoms with E-state index in [9.17, 15) is 4.79 Å². The summed E-state index contributed by atoms with van der Waals surface area (Å²) in [4.78, 5) is 14.9. The number of rotatable bonds is 3. The quantitative estimate of drug-likeness (QED) is 0.673. The van der Waals surface area contributed by atoms with Crippen molar-refractivity contribution in [1.82, 2.24) is 4.98 Å². The Morgan fingerprint density at radius 2 is 2.36 bits per heavy atom. The molecule has 1 aromatic rings. The summed E-state index contributed by atoms with van der Waals surface area (Å²) >= 11 is 0. The van der Waals surface area contributed by atoms with Crippen LogP contribution in [0.25, 0.3) is 0 Å². The number of ketones is 1. The Balaban J connectivity index is 2.01. The van der Waals surface area contributed by atoms with Crippen LogP contribution in [0.5, 0.6) is 5.75 Å². The number of aromatic nitrogens is 1. The highest BCUT2D eigenvalue weighted by Crippen LogP contribution is 2.14. The van der Waals surface area contributed by atoms with E-state index in [0.717, 1.165) is 0 Å². The van der Waals surface area contributed by atoms with Crippen molar-refractivity contribution in [3.05, 3.63) is 24.0 Å². The van der Waals surface area contributed by atoms with Gasteiger partial charge in [0.15, 0.2) is 5.78 Å². The fourth-order valence-corrected chi connectivity index (χ4v) is 1.13. The zero-order valence-corrected chi connectivity index (χ0v) is 7.90. The molecule has 1 aromatic heterocycles. The van der Waals surface area contributed by atoms with Crippen LogP contribution in [0.1, 0.15) is 17.4 Å². The van der Waals surface area contributed by atoms with Crippen molar-refractivity contribution in [1.29, 1.82) is 0 Å². The SMILES string of the molecule is CC(=O)c1ccc(OC2COC2)cn1. The number of pyridine rings is 1. The first-order chi connectivity index (χ1) is 6.75. The molecule has 0 N–H and O–H groups in total. The van der Waals surface area contributed by atoms with Gasteiger partial charge in [-0.25, -0.2) is 4.98 Å². The van der Waals surface area contributed by atoms with E-state index in [-0.39, 0.29) is 11.9 Å². The first kappa shape index (κ1) is 9.15. The molecule has 0 atom stereocenters. The zero-order chi connectivity index (χ0) is 9.97. The molecule has 0 unspecified atom stereocenters. The topological polar surface area (TPSA) is 48.4 Å². The normalized spacial score (nSPS) is 16.1. The van der Waals surface area contributed by atoms with Crippen molar-refractivity contribution in [2.24, 2.45) is 0 Å². The molecule has 2 heterocycles. The van der Waals surface area contributed by atoms with Crippen LogP contribution < -0.4 is 4.74 Å². The Morgan fingerprint density at radius 1 is 1.57 bits per heavy atom. The van der Waals surface area contributed by atoms with Gasteiger partial charge in [0.1, 0.15) is 17.5 Å². The number of ether oxygens (including phenoxy) is 2. The van der Waals surface area contributed by atoms with Crippen LogP contribution in [0.2, 0.25) is 0 Å². The van der Waals surface area contributed by atoms with Gasteiger partial charge in [0.2, 0.25) is 0 Å². The van der Waals surface area contributed by atoms with Gasteiger partial charge in [-0.15, -0.1) is 0 Å². The number of hydrogen-bond acceptors (Lipinski definition) is 4. The van der Waals surface area contributed by atoms with E-state index < -0.39 is 0 Å². The molecule has 4 nitrogen and oxygen atoms in total. The average molecular weight is 193 g/mol. The van der Waals surface area contributed by atoms with Gasteiger partial charge in [-0.2, -0.15) is 0 Å². The first-order valence-electron chi connectivity index (χ1n) is 4.47. The van der Waals surface area contributed by atoms with E-state index in [1.165, 1.54) is 6.92 Å². The van der Waals surface area contributed by atoms with Crippen LogP contribution in [0, 0.1) is 0 Å². The summed E-state index contributed by atoms with van der Waals surface area (Å²) < 4.78 is 10.5.